The number of rotatable bonds is 5. The fourth-order valence-electron chi connectivity index (χ4n) is 2.32. The Labute approximate surface area is 81.0 Å². The molecule has 2 unspecified atom stereocenters. The van der Waals surface area contributed by atoms with E-state index in [0.29, 0.717) is 12.1 Å². The molecule has 0 aromatic heterocycles. The molecule has 2 heteroatoms. The zero-order valence-electron chi connectivity index (χ0n) is 8.59. The van der Waals surface area contributed by atoms with Crippen LogP contribution >= 0.6 is 0 Å². The molecule has 1 N–H and O–H groups in total. The first-order valence-electron chi connectivity index (χ1n) is 5.66. The van der Waals surface area contributed by atoms with E-state index in [4.69, 9.17) is 4.74 Å². The Morgan fingerprint density at radius 1 is 1.23 bits per heavy atom. The molecule has 0 amide bonds. The molecular weight excluding hydrogens is 162 g/mol. The van der Waals surface area contributed by atoms with E-state index >= 15 is 0 Å². The molecule has 2 atom stereocenters. The lowest BCUT2D eigenvalue weighted by atomic mass is 10.2. The molecule has 2 aliphatic carbocycles. The van der Waals surface area contributed by atoms with Crippen LogP contribution < -0.4 is 5.32 Å². The van der Waals surface area contributed by atoms with Gasteiger partial charge in [-0.1, -0.05) is 12.8 Å². The van der Waals surface area contributed by atoms with Gasteiger partial charge >= 0.3 is 0 Å². The minimum absolute atomic E-state index is 0.485. The van der Waals surface area contributed by atoms with Crippen LogP contribution in [0.25, 0.3) is 0 Å². The van der Waals surface area contributed by atoms with Crippen molar-refractivity contribution in [2.24, 2.45) is 5.92 Å². The van der Waals surface area contributed by atoms with Gasteiger partial charge in [0.15, 0.2) is 0 Å². The lowest BCUT2D eigenvalue weighted by Gasteiger charge is -2.19. The van der Waals surface area contributed by atoms with Gasteiger partial charge in [-0.25, -0.2) is 0 Å². The maximum absolute atomic E-state index is 5.43. The molecule has 0 aromatic carbocycles. The van der Waals surface area contributed by atoms with Crippen molar-refractivity contribution in [2.75, 3.05) is 13.7 Å². The van der Waals surface area contributed by atoms with Gasteiger partial charge in [0.2, 0.25) is 0 Å². The van der Waals surface area contributed by atoms with Crippen LogP contribution in [-0.2, 0) is 4.74 Å². The van der Waals surface area contributed by atoms with Crippen LogP contribution in [-0.4, -0.2) is 25.8 Å². The van der Waals surface area contributed by atoms with Crippen LogP contribution in [0.15, 0.2) is 0 Å². The lowest BCUT2D eigenvalue weighted by Crippen LogP contribution is -2.37. The zero-order chi connectivity index (χ0) is 9.10. The maximum atomic E-state index is 5.43. The smallest absolute Gasteiger partial charge is 0.0724 e. The highest BCUT2D eigenvalue weighted by atomic mass is 16.5. The van der Waals surface area contributed by atoms with Crippen LogP contribution in [0.3, 0.4) is 0 Å². The van der Waals surface area contributed by atoms with E-state index < -0.39 is 0 Å². The summed E-state index contributed by atoms with van der Waals surface area (Å²) in [7, 11) is 1.84. The van der Waals surface area contributed by atoms with Gasteiger partial charge in [0, 0.05) is 13.2 Å². The highest BCUT2D eigenvalue weighted by Gasteiger charge is 2.27. The Morgan fingerprint density at radius 3 is 2.77 bits per heavy atom. The first-order chi connectivity index (χ1) is 6.40. The average Bonchev–Trinajstić information content (AvgIpc) is 2.84. The standard InChI is InChI=1S/C11H21NO/c1-13-11-4-2-3-10(11)12-8-7-9-5-6-9/h9-12H,2-8H2,1H3. The van der Waals surface area contributed by atoms with Crippen molar-refractivity contribution >= 4 is 0 Å². The molecule has 0 aromatic rings. The van der Waals surface area contributed by atoms with E-state index in [2.05, 4.69) is 5.32 Å². The largest absolute Gasteiger partial charge is 0.380 e. The van der Waals surface area contributed by atoms with E-state index in [1.165, 1.54) is 45.1 Å². The number of nitrogens with one attached hydrogen (secondary N) is 1. The second-order valence-corrected chi connectivity index (χ2v) is 4.50. The SMILES string of the molecule is COC1CCCC1NCCC1CC1. The van der Waals surface area contributed by atoms with Gasteiger partial charge in [-0.3, -0.25) is 0 Å². The first-order valence-corrected chi connectivity index (χ1v) is 5.66. The maximum Gasteiger partial charge on any atom is 0.0724 e. The molecule has 13 heavy (non-hydrogen) atoms. The highest BCUT2D eigenvalue weighted by molar-refractivity contribution is 4.84. The van der Waals surface area contributed by atoms with E-state index in [9.17, 15) is 0 Å². The number of hydrogen-bond donors (Lipinski definition) is 1. The molecule has 2 aliphatic rings. The molecule has 0 bridgehead atoms. The van der Waals surface area contributed by atoms with Gasteiger partial charge in [0.05, 0.1) is 6.10 Å². The molecule has 2 nitrogen and oxygen atoms in total. The average molecular weight is 183 g/mol. The van der Waals surface area contributed by atoms with E-state index in [1.54, 1.807) is 0 Å². The van der Waals surface area contributed by atoms with Crippen molar-refractivity contribution in [2.45, 2.75) is 50.7 Å². The summed E-state index contributed by atoms with van der Waals surface area (Å²) in [5, 5.41) is 3.63. The van der Waals surface area contributed by atoms with Crippen LogP contribution in [0.2, 0.25) is 0 Å². The predicted octanol–water partition coefficient (Wildman–Crippen LogP) is 1.94. The third-order valence-corrected chi connectivity index (χ3v) is 3.41. The van der Waals surface area contributed by atoms with Gasteiger partial charge in [0.25, 0.3) is 0 Å². The molecular formula is C11H21NO. The Bertz CT molecular complexity index is 156. The van der Waals surface area contributed by atoms with Gasteiger partial charge in [0.1, 0.15) is 0 Å². The summed E-state index contributed by atoms with van der Waals surface area (Å²) in [6.07, 6.45) is 8.70. The summed E-state index contributed by atoms with van der Waals surface area (Å²) in [6, 6.07) is 0.642. The summed E-state index contributed by atoms with van der Waals surface area (Å²) in [4.78, 5) is 0. The van der Waals surface area contributed by atoms with E-state index in [-0.39, 0.29) is 0 Å². The molecule has 0 heterocycles. The molecule has 76 valence electrons. The Morgan fingerprint density at radius 2 is 2.08 bits per heavy atom. The summed E-state index contributed by atoms with van der Waals surface area (Å²) in [5.74, 6) is 1.05. The summed E-state index contributed by atoms with van der Waals surface area (Å²) in [6.45, 7) is 1.20. The highest BCUT2D eigenvalue weighted by Crippen LogP contribution is 2.32. The predicted molar refractivity (Wildman–Crippen MR) is 53.8 cm³/mol. The van der Waals surface area contributed by atoms with Gasteiger partial charge in [-0.2, -0.15) is 0 Å². The van der Waals surface area contributed by atoms with E-state index in [1.807, 2.05) is 7.11 Å². The number of ether oxygens (including phenoxy) is 1. The molecule has 2 rings (SSSR count). The van der Waals surface area contributed by atoms with Crippen LogP contribution in [0.1, 0.15) is 38.5 Å². The van der Waals surface area contributed by atoms with Gasteiger partial charge < -0.3 is 10.1 Å². The van der Waals surface area contributed by atoms with Crippen molar-refractivity contribution < 1.29 is 4.74 Å². The third-order valence-electron chi connectivity index (χ3n) is 3.41. The summed E-state index contributed by atoms with van der Waals surface area (Å²) >= 11 is 0. The minimum Gasteiger partial charge on any atom is -0.380 e. The van der Waals surface area contributed by atoms with Crippen molar-refractivity contribution in [1.82, 2.24) is 5.32 Å². The molecule has 2 fully saturated rings. The van der Waals surface area contributed by atoms with Crippen LogP contribution in [0.5, 0.6) is 0 Å². The third kappa shape index (κ3) is 2.68. The Balaban J connectivity index is 1.61. The summed E-state index contributed by atoms with van der Waals surface area (Å²) in [5.41, 5.74) is 0. The topological polar surface area (TPSA) is 21.3 Å². The fourth-order valence-corrected chi connectivity index (χ4v) is 2.32. The van der Waals surface area contributed by atoms with Crippen molar-refractivity contribution in [3.05, 3.63) is 0 Å². The quantitative estimate of drug-likeness (QED) is 0.703. The van der Waals surface area contributed by atoms with Crippen molar-refractivity contribution in [1.29, 1.82) is 0 Å². The van der Waals surface area contributed by atoms with Crippen LogP contribution in [0.4, 0.5) is 0 Å². The van der Waals surface area contributed by atoms with Crippen molar-refractivity contribution in [3.8, 4) is 0 Å². The zero-order valence-corrected chi connectivity index (χ0v) is 8.59. The molecule has 0 radical (unpaired) electrons. The first kappa shape index (κ1) is 9.47. The Hall–Kier alpha value is -0.0800. The lowest BCUT2D eigenvalue weighted by molar-refractivity contribution is 0.0851. The molecule has 0 spiro atoms. The number of hydrogen-bond acceptors (Lipinski definition) is 2. The molecule has 0 saturated heterocycles. The Kier molecular flexibility index (Phi) is 3.23. The van der Waals surface area contributed by atoms with Crippen molar-refractivity contribution in [3.63, 3.8) is 0 Å². The minimum atomic E-state index is 0.485. The number of methoxy groups -OCH3 is 1. The van der Waals surface area contributed by atoms with Crippen LogP contribution in [0, 0.1) is 5.92 Å². The van der Waals surface area contributed by atoms with Gasteiger partial charge in [-0.15, -0.1) is 0 Å². The van der Waals surface area contributed by atoms with Gasteiger partial charge in [-0.05, 0) is 38.1 Å². The monoisotopic (exact) mass is 183 g/mol. The fraction of sp³-hybridized carbons (Fsp3) is 1.00. The molecule has 2 saturated carbocycles. The second-order valence-electron chi connectivity index (χ2n) is 4.50. The molecule has 0 aliphatic heterocycles. The second kappa shape index (κ2) is 4.43. The van der Waals surface area contributed by atoms with E-state index in [0.717, 1.165) is 5.92 Å². The summed E-state index contributed by atoms with van der Waals surface area (Å²) < 4.78 is 5.43. The normalized spacial score (nSPS) is 33.9.